The fraction of sp³-hybridized carbons (Fsp3) is 0.737. The largest absolute Gasteiger partial charge is 0.389 e. The van der Waals surface area contributed by atoms with Crippen LogP contribution < -0.4 is 0 Å². The summed E-state index contributed by atoms with van der Waals surface area (Å²) in [4.78, 5) is 12.8. The molecule has 0 radical (unpaired) electrons. The monoisotopic (exact) mass is 304 g/mol. The predicted octanol–water partition coefficient (Wildman–Crippen LogP) is 3.02. The van der Waals surface area contributed by atoms with Crippen molar-refractivity contribution in [3.8, 4) is 0 Å². The van der Waals surface area contributed by atoms with Gasteiger partial charge >= 0.3 is 0 Å². The van der Waals surface area contributed by atoms with Gasteiger partial charge in [-0.2, -0.15) is 0 Å². The zero-order valence-electron chi connectivity index (χ0n) is 13.8. The van der Waals surface area contributed by atoms with Crippen LogP contribution in [0.2, 0.25) is 0 Å². The van der Waals surface area contributed by atoms with Crippen molar-refractivity contribution in [2.24, 2.45) is 22.7 Å². The van der Waals surface area contributed by atoms with E-state index >= 15 is 0 Å². The van der Waals surface area contributed by atoms with Crippen LogP contribution in [0.4, 0.5) is 0 Å². The smallest absolute Gasteiger partial charge is 0.167 e. The van der Waals surface area contributed by atoms with Crippen molar-refractivity contribution < 1.29 is 15.0 Å². The van der Waals surface area contributed by atoms with Gasteiger partial charge in [0.15, 0.2) is 11.4 Å². The van der Waals surface area contributed by atoms with Crippen LogP contribution in [-0.4, -0.2) is 27.7 Å². The van der Waals surface area contributed by atoms with Gasteiger partial charge in [0.1, 0.15) is 0 Å². The molecule has 0 aromatic rings. The molecule has 3 fully saturated rings. The molecule has 3 nitrogen and oxygen atoms in total. The van der Waals surface area contributed by atoms with Crippen molar-refractivity contribution in [1.82, 2.24) is 0 Å². The summed E-state index contributed by atoms with van der Waals surface area (Å²) in [7, 11) is 0. The molecule has 6 atom stereocenters. The first-order valence-electron chi connectivity index (χ1n) is 8.45. The lowest BCUT2D eigenvalue weighted by Gasteiger charge is -2.62. The number of ketones is 1. The zero-order chi connectivity index (χ0) is 16.3. The second-order valence-electron chi connectivity index (χ2n) is 8.23. The Morgan fingerprint density at radius 1 is 1.32 bits per heavy atom. The van der Waals surface area contributed by atoms with E-state index in [1.54, 1.807) is 6.08 Å². The highest BCUT2D eigenvalue weighted by molar-refractivity contribution is 5.90. The van der Waals surface area contributed by atoms with E-state index in [1.165, 1.54) is 0 Å². The summed E-state index contributed by atoms with van der Waals surface area (Å²) in [5.74, 6) is -0.242. The van der Waals surface area contributed by atoms with Crippen molar-refractivity contribution in [1.29, 1.82) is 0 Å². The van der Waals surface area contributed by atoms with Crippen molar-refractivity contribution in [3.63, 3.8) is 0 Å². The third-order valence-electron chi connectivity index (χ3n) is 7.15. The topological polar surface area (TPSA) is 57.5 Å². The molecule has 0 saturated heterocycles. The molecule has 3 aliphatic carbocycles. The second-order valence-corrected chi connectivity index (χ2v) is 8.23. The molecule has 2 N–H and O–H groups in total. The van der Waals surface area contributed by atoms with E-state index in [0.29, 0.717) is 6.42 Å². The quantitative estimate of drug-likeness (QED) is 0.732. The van der Waals surface area contributed by atoms with Crippen LogP contribution in [0.1, 0.15) is 52.4 Å². The van der Waals surface area contributed by atoms with Gasteiger partial charge in [0, 0.05) is 17.8 Å². The maximum absolute atomic E-state index is 12.8. The molecule has 0 unspecified atom stereocenters. The van der Waals surface area contributed by atoms with Gasteiger partial charge in [-0.25, -0.2) is 0 Å². The number of aliphatic hydroxyl groups is 2. The van der Waals surface area contributed by atoms with Gasteiger partial charge in [-0.05, 0) is 43.4 Å². The highest BCUT2D eigenvalue weighted by Gasteiger charge is 2.67. The van der Waals surface area contributed by atoms with Crippen molar-refractivity contribution in [3.05, 3.63) is 24.8 Å². The summed E-state index contributed by atoms with van der Waals surface area (Å²) < 4.78 is 0. The standard InChI is InChI=1S/C19H28O3/c1-5-17(3)10-8-14-18(4)9-6-7-12(2)13(18)11-15(20)19(14,22)16(17)21/h5,13-14,16,21-22H,1-2,6-11H2,3-4H3/t13-,14+,16+,17-,18-,19+/m0/s1. The molecule has 3 rings (SSSR count). The van der Waals surface area contributed by atoms with Crippen molar-refractivity contribution in [2.75, 3.05) is 0 Å². The van der Waals surface area contributed by atoms with E-state index in [9.17, 15) is 15.0 Å². The molecule has 0 bridgehead atoms. The third kappa shape index (κ3) is 1.78. The van der Waals surface area contributed by atoms with Crippen molar-refractivity contribution in [2.45, 2.75) is 64.1 Å². The van der Waals surface area contributed by atoms with Crippen LogP contribution in [0.25, 0.3) is 0 Å². The summed E-state index contributed by atoms with van der Waals surface area (Å²) in [6, 6.07) is 0. The Morgan fingerprint density at radius 3 is 2.64 bits per heavy atom. The normalized spacial score (nSPS) is 51.9. The van der Waals surface area contributed by atoms with E-state index in [1.807, 2.05) is 6.92 Å². The van der Waals surface area contributed by atoms with Gasteiger partial charge in [-0.15, -0.1) is 6.58 Å². The highest BCUT2D eigenvalue weighted by atomic mass is 16.4. The lowest BCUT2D eigenvalue weighted by atomic mass is 9.44. The van der Waals surface area contributed by atoms with E-state index in [4.69, 9.17) is 0 Å². The molecule has 0 aromatic carbocycles. The van der Waals surface area contributed by atoms with Gasteiger partial charge < -0.3 is 10.2 Å². The zero-order valence-corrected chi connectivity index (χ0v) is 13.8. The molecule has 3 heteroatoms. The minimum atomic E-state index is -1.63. The fourth-order valence-electron chi connectivity index (χ4n) is 5.55. The SMILES string of the molecule is C=C[C@@]1(C)CC[C@@H]2[C@@]3(C)CCCC(=C)[C@@H]3CC(=O)[C@@]2(O)[C@@H]1O. The number of hydrogen-bond donors (Lipinski definition) is 2. The van der Waals surface area contributed by atoms with Crippen LogP contribution in [-0.2, 0) is 4.79 Å². The Labute approximate surface area is 133 Å². The van der Waals surface area contributed by atoms with E-state index in [2.05, 4.69) is 20.1 Å². The predicted molar refractivity (Wildman–Crippen MR) is 86.2 cm³/mol. The van der Waals surface area contributed by atoms with Crippen LogP contribution in [0.3, 0.4) is 0 Å². The molecule has 0 aromatic heterocycles. The summed E-state index contributed by atoms with van der Waals surface area (Å²) in [6.07, 6.45) is 5.48. The molecule has 3 saturated carbocycles. The van der Waals surface area contributed by atoms with Crippen molar-refractivity contribution >= 4 is 5.78 Å². The Balaban J connectivity index is 2.08. The van der Waals surface area contributed by atoms with Gasteiger partial charge in [-0.3, -0.25) is 4.79 Å². The number of carbonyl (C=O) groups is 1. The Kier molecular flexibility index (Phi) is 3.47. The number of allylic oxidation sites excluding steroid dienone is 1. The lowest BCUT2D eigenvalue weighted by Crippen LogP contribution is -2.70. The molecule has 0 aliphatic heterocycles. The van der Waals surface area contributed by atoms with Crippen LogP contribution in [0, 0.1) is 22.7 Å². The first kappa shape index (κ1) is 15.9. The lowest BCUT2D eigenvalue weighted by molar-refractivity contribution is -0.223. The third-order valence-corrected chi connectivity index (χ3v) is 7.15. The van der Waals surface area contributed by atoms with Crippen LogP contribution in [0.5, 0.6) is 0 Å². The maximum atomic E-state index is 12.8. The summed E-state index contributed by atoms with van der Waals surface area (Å²) in [5, 5.41) is 22.2. The minimum absolute atomic E-state index is 0.137. The van der Waals surface area contributed by atoms with E-state index < -0.39 is 17.1 Å². The minimum Gasteiger partial charge on any atom is -0.389 e. The molecule has 0 spiro atoms. The summed E-state index contributed by atoms with van der Waals surface area (Å²) in [6.45, 7) is 12.1. The number of Topliss-reactive ketones (excluding diaryl/α,β-unsaturated/α-hetero) is 1. The number of carbonyl (C=O) groups excluding carboxylic acids is 1. The van der Waals surface area contributed by atoms with E-state index in [0.717, 1.165) is 37.7 Å². The molecule has 3 aliphatic rings. The average Bonchev–Trinajstić information content (AvgIpc) is 2.47. The number of hydrogen-bond acceptors (Lipinski definition) is 3. The number of rotatable bonds is 1. The maximum Gasteiger partial charge on any atom is 0.167 e. The van der Waals surface area contributed by atoms with Crippen LogP contribution in [0.15, 0.2) is 24.8 Å². The molecular weight excluding hydrogens is 276 g/mol. The fourth-order valence-corrected chi connectivity index (χ4v) is 5.55. The molecule has 122 valence electrons. The average molecular weight is 304 g/mol. The van der Waals surface area contributed by atoms with Gasteiger partial charge in [0.25, 0.3) is 0 Å². The van der Waals surface area contributed by atoms with Gasteiger partial charge in [-0.1, -0.05) is 32.1 Å². The number of aliphatic hydroxyl groups excluding tert-OH is 1. The summed E-state index contributed by atoms with van der Waals surface area (Å²) in [5.41, 5.74) is -1.22. The Bertz CT molecular complexity index is 539. The van der Waals surface area contributed by atoms with Crippen LogP contribution >= 0.6 is 0 Å². The number of fused-ring (bicyclic) bond motifs is 3. The van der Waals surface area contributed by atoms with Gasteiger partial charge in [0.05, 0.1) is 6.10 Å². The first-order valence-corrected chi connectivity index (χ1v) is 8.45. The van der Waals surface area contributed by atoms with E-state index in [-0.39, 0.29) is 23.0 Å². The Morgan fingerprint density at radius 2 is 2.00 bits per heavy atom. The Hall–Kier alpha value is -0.930. The molecule has 22 heavy (non-hydrogen) atoms. The summed E-state index contributed by atoms with van der Waals surface area (Å²) >= 11 is 0. The molecular formula is C19H28O3. The molecule has 0 amide bonds. The highest BCUT2D eigenvalue weighted by Crippen LogP contribution is 2.62. The first-order chi connectivity index (χ1) is 10.2. The van der Waals surface area contributed by atoms with Gasteiger partial charge in [0.2, 0.25) is 0 Å². The molecule has 0 heterocycles. The second kappa shape index (κ2) is 4.78.